The van der Waals surface area contributed by atoms with Crippen LogP contribution in [0.15, 0.2) is 60.8 Å². The molecule has 1 aromatic heterocycles. The number of carbonyl (C=O) groups is 1. The molecular formula is C19H14F3N3O. The molecule has 0 spiro atoms. The Morgan fingerprint density at radius 2 is 1.77 bits per heavy atom. The minimum Gasteiger partial charge on any atom is -0.352 e. The standard InChI is InChI=1S/C19H14F3N3O/c20-13-3-1-2-12(8-13)9-19(26)25-18-7-5-15(11-23-18)24-17-6-4-14(21)10-16(17)22/h1-8,10-11,24H,9H2,(H,23,25,26). The topological polar surface area (TPSA) is 54.0 Å². The van der Waals surface area contributed by atoms with Crippen molar-refractivity contribution >= 4 is 23.1 Å². The lowest BCUT2D eigenvalue weighted by atomic mass is 10.1. The van der Waals surface area contributed by atoms with Crippen LogP contribution in [0.3, 0.4) is 0 Å². The van der Waals surface area contributed by atoms with Crippen molar-refractivity contribution < 1.29 is 18.0 Å². The van der Waals surface area contributed by atoms with Crippen molar-refractivity contribution in [1.82, 2.24) is 4.98 Å². The number of rotatable bonds is 5. The van der Waals surface area contributed by atoms with Gasteiger partial charge in [-0.3, -0.25) is 4.79 Å². The molecule has 0 saturated heterocycles. The maximum atomic E-state index is 13.6. The van der Waals surface area contributed by atoms with E-state index in [-0.39, 0.29) is 18.0 Å². The average molecular weight is 357 g/mol. The van der Waals surface area contributed by atoms with Crippen LogP contribution in [0.5, 0.6) is 0 Å². The van der Waals surface area contributed by atoms with Crippen LogP contribution in [0, 0.1) is 17.5 Å². The number of hydrogen-bond acceptors (Lipinski definition) is 3. The quantitative estimate of drug-likeness (QED) is 0.711. The Morgan fingerprint density at radius 3 is 2.46 bits per heavy atom. The number of halogens is 3. The number of benzene rings is 2. The Balaban J connectivity index is 1.61. The molecule has 2 aromatic carbocycles. The minimum absolute atomic E-state index is 0.0141. The zero-order valence-corrected chi connectivity index (χ0v) is 13.5. The highest BCUT2D eigenvalue weighted by Crippen LogP contribution is 2.21. The summed E-state index contributed by atoms with van der Waals surface area (Å²) >= 11 is 0. The van der Waals surface area contributed by atoms with E-state index in [1.165, 1.54) is 36.5 Å². The predicted molar refractivity (Wildman–Crippen MR) is 92.6 cm³/mol. The van der Waals surface area contributed by atoms with Crippen LogP contribution < -0.4 is 10.6 Å². The van der Waals surface area contributed by atoms with Gasteiger partial charge in [0.2, 0.25) is 5.91 Å². The summed E-state index contributed by atoms with van der Waals surface area (Å²) in [6, 6.07) is 12.1. The Labute approximate surface area is 147 Å². The van der Waals surface area contributed by atoms with Crippen molar-refractivity contribution in [2.24, 2.45) is 0 Å². The molecular weight excluding hydrogens is 343 g/mol. The molecule has 0 atom stereocenters. The molecule has 2 N–H and O–H groups in total. The molecule has 132 valence electrons. The van der Waals surface area contributed by atoms with Crippen molar-refractivity contribution in [1.29, 1.82) is 0 Å². The maximum Gasteiger partial charge on any atom is 0.229 e. The number of anilines is 3. The van der Waals surface area contributed by atoms with Gasteiger partial charge in [0.25, 0.3) is 0 Å². The van der Waals surface area contributed by atoms with Crippen molar-refractivity contribution in [3.8, 4) is 0 Å². The molecule has 0 aliphatic rings. The van der Waals surface area contributed by atoms with Crippen LogP contribution in [0.25, 0.3) is 0 Å². The van der Waals surface area contributed by atoms with Gasteiger partial charge in [-0.1, -0.05) is 12.1 Å². The highest BCUT2D eigenvalue weighted by atomic mass is 19.1. The molecule has 0 saturated carbocycles. The normalized spacial score (nSPS) is 10.4. The molecule has 4 nitrogen and oxygen atoms in total. The highest BCUT2D eigenvalue weighted by Gasteiger charge is 2.07. The Morgan fingerprint density at radius 1 is 0.962 bits per heavy atom. The molecule has 0 unspecified atom stereocenters. The molecule has 1 amide bonds. The Bertz CT molecular complexity index is 930. The lowest BCUT2D eigenvalue weighted by Crippen LogP contribution is -2.15. The highest BCUT2D eigenvalue weighted by molar-refractivity contribution is 5.91. The summed E-state index contributed by atoms with van der Waals surface area (Å²) in [7, 11) is 0. The molecule has 3 rings (SSSR count). The van der Waals surface area contributed by atoms with Gasteiger partial charge in [0.1, 0.15) is 23.3 Å². The predicted octanol–water partition coefficient (Wildman–Crippen LogP) is 4.42. The lowest BCUT2D eigenvalue weighted by Gasteiger charge is -2.09. The second-order valence-electron chi connectivity index (χ2n) is 5.54. The van der Waals surface area contributed by atoms with Gasteiger partial charge in [-0.25, -0.2) is 18.2 Å². The number of hydrogen-bond donors (Lipinski definition) is 2. The molecule has 0 aliphatic heterocycles. The second kappa shape index (κ2) is 7.69. The first kappa shape index (κ1) is 17.5. The number of nitrogens with one attached hydrogen (secondary N) is 2. The number of carbonyl (C=O) groups excluding carboxylic acids is 1. The summed E-state index contributed by atoms with van der Waals surface area (Å²) in [6.07, 6.45) is 1.42. The third-order valence-corrected chi connectivity index (χ3v) is 3.49. The van der Waals surface area contributed by atoms with Gasteiger partial charge in [0.15, 0.2) is 0 Å². The van der Waals surface area contributed by atoms with Crippen LogP contribution in [0.2, 0.25) is 0 Å². The van der Waals surface area contributed by atoms with Gasteiger partial charge in [-0.2, -0.15) is 0 Å². The third kappa shape index (κ3) is 4.60. The van der Waals surface area contributed by atoms with E-state index in [1.807, 2.05) is 0 Å². The molecule has 0 radical (unpaired) electrons. The van der Waals surface area contributed by atoms with Crippen molar-refractivity contribution in [2.45, 2.75) is 6.42 Å². The maximum absolute atomic E-state index is 13.6. The summed E-state index contributed by atoms with van der Waals surface area (Å²) in [5, 5.41) is 5.36. The van der Waals surface area contributed by atoms with Gasteiger partial charge >= 0.3 is 0 Å². The average Bonchev–Trinajstić information content (AvgIpc) is 2.59. The molecule has 0 bridgehead atoms. The largest absolute Gasteiger partial charge is 0.352 e. The fourth-order valence-corrected chi connectivity index (χ4v) is 2.31. The van der Waals surface area contributed by atoms with Crippen LogP contribution in [-0.2, 0) is 11.2 Å². The van der Waals surface area contributed by atoms with Crippen LogP contribution >= 0.6 is 0 Å². The van der Waals surface area contributed by atoms with Gasteiger partial charge in [0.05, 0.1) is 24.0 Å². The fourth-order valence-electron chi connectivity index (χ4n) is 2.31. The fraction of sp³-hybridized carbons (Fsp3) is 0.0526. The molecule has 7 heteroatoms. The van der Waals surface area contributed by atoms with Gasteiger partial charge in [-0.15, -0.1) is 0 Å². The second-order valence-corrected chi connectivity index (χ2v) is 5.54. The van der Waals surface area contributed by atoms with E-state index in [9.17, 15) is 18.0 Å². The van der Waals surface area contributed by atoms with Crippen LogP contribution in [0.1, 0.15) is 5.56 Å². The summed E-state index contributed by atoms with van der Waals surface area (Å²) in [5.41, 5.74) is 1.13. The van der Waals surface area contributed by atoms with Crippen molar-refractivity contribution in [3.05, 3.63) is 83.8 Å². The Kier molecular flexibility index (Phi) is 5.17. The van der Waals surface area contributed by atoms with E-state index in [2.05, 4.69) is 15.6 Å². The van der Waals surface area contributed by atoms with Crippen LogP contribution in [0.4, 0.5) is 30.4 Å². The summed E-state index contributed by atoms with van der Waals surface area (Å²) < 4.78 is 39.6. The van der Waals surface area contributed by atoms with Crippen molar-refractivity contribution in [2.75, 3.05) is 10.6 Å². The van der Waals surface area contributed by atoms with Crippen LogP contribution in [-0.4, -0.2) is 10.9 Å². The van der Waals surface area contributed by atoms with E-state index < -0.39 is 17.5 Å². The Hall–Kier alpha value is -3.35. The number of pyridine rings is 1. The first-order valence-electron chi connectivity index (χ1n) is 7.72. The first-order valence-corrected chi connectivity index (χ1v) is 7.72. The monoisotopic (exact) mass is 357 g/mol. The van der Waals surface area contributed by atoms with Gasteiger partial charge in [-0.05, 0) is 42.0 Å². The van der Waals surface area contributed by atoms with E-state index in [0.717, 1.165) is 12.1 Å². The zero-order chi connectivity index (χ0) is 18.5. The van der Waals surface area contributed by atoms with Gasteiger partial charge < -0.3 is 10.6 Å². The summed E-state index contributed by atoms with van der Waals surface area (Å²) in [4.78, 5) is 16.0. The third-order valence-electron chi connectivity index (χ3n) is 3.49. The van der Waals surface area contributed by atoms with E-state index in [1.54, 1.807) is 12.1 Å². The summed E-state index contributed by atoms with van der Waals surface area (Å²) in [6.45, 7) is 0. The number of nitrogens with zero attached hydrogens (tertiary/aromatic N) is 1. The van der Waals surface area contributed by atoms with E-state index >= 15 is 0 Å². The van der Waals surface area contributed by atoms with Crippen molar-refractivity contribution in [3.63, 3.8) is 0 Å². The number of amides is 1. The number of aromatic nitrogens is 1. The molecule has 0 aliphatic carbocycles. The SMILES string of the molecule is O=C(Cc1cccc(F)c1)Nc1ccc(Nc2ccc(F)cc2F)cn1. The zero-order valence-electron chi connectivity index (χ0n) is 13.5. The summed E-state index contributed by atoms with van der Waals surface area (Å²) in [5.74, 6) is -1.83. The minimum atomic E-state index is -0.725. The lowest BCUT2D eigenvalue weighted by molar-refractivity contribution is -0.115. The molecule has 3 aromatic rings. The molecule has 26 heavy (non-hydrogen) atoms. The smallest absolute Gasteiger partial charge is 0.229 e. The van der Waals surface area contributed by atoms with Gasteiger partial charge in [0, 0.05) is 6.07 Å². The first-order chi connectivity index (χ1) is 12.5. The molecule has 0 fully saturated rings. The van der Waals surface area contributed by atoms with E-state index in [0.29, 0.717) is 17.1 Å². The van der Waals surface area contributed by atoms with E-state index in [4.69, 9.17) is 0 Å². The molecule has 1 heterocycles.